The van der Waals surface area contributed by atoms with Crippen LogP contribution in [0, 0.1) is 0 Å². The number of aromatic nitrogens is 3. The van der Waals surface area contributed by atoms with Crippen LogP contribution in [-0.4, -0.2) is 39.2 Å². The van der Waals surface area contributed by atoms with E-state index in [-0.39, 0.29) is 0 Å². The van der Waals surface area contributed by atoms with Crippen molar-refractivity contribution in [1.29, 1.82) is 0 Å². The lowest BCUT2D eigenvalue weighted by Crippen LogP contribution is -2.37. The molecular weight excluding hydrogens is 919 g/mol. The lowest BCUT2D eigenvalue weighted by Gasteiger charge is -2.18. The van der Waals surface area contributed by atoms with Crippen LogP contribution in [0.2, 0.25) is 58.9 Å². The van der Waals surface area contributed by atoms with Crippen molar-refractivity contribution < 1.29 is 0 Å². The Morgan fingerprint density at radius 2 is 0.375 bits per heavy atom. The third kappa shape index (κ3) is 10.8. The predicted octanol–water partition coefficient (Wildman–Crippen LogP) is 16.5. The van der Waals surface area contributed by atoms with Crippen LogP contribution in [-0.2, 0) is 0 Å². The maximum atomic E-state index is 5.38. The summed E-state index contributed by atoms with van der Waals surface area (Å²) in [6, 6.07) is 79.9. The highest BCUT2D eigenvalue weighted by Crippen LogP contribution is 2.40. The average Bonchev–Trinajstić information content (AvgIpc) is 3.40. The standard InChI is InChI=1S/C66H63N3Si3/c1-70(2,3)58-31-25-49(26-32-58)64-43-55(40-61(67-64)46-19-13-10-14-20-46)52-37-53(56-41-62(47-21-15-11-16-22-47)68-65(44-56)50-27-33-59(34-28-50)71(4,5)6)39-54(38-52)57-42-63(48-23-17-12-18-24-48)69-66(45-57)51-29-35-60(36-30-51)72(7,8)9/h10-45H,1-9H3. The van der Waals surface area contributed by atoms with Gasteiger partial charge < -0.3 is 0 Å². The van der Waals surface area contributed by atoms with E-state index in [0.717, 1.165) is 101 Å². The van der Waals surface area contributed by atoms with Crippen molar-refractivity contribution in [3.05, 3.63) is 218 Å². The van der Waals surface area contributed by atoms with Gasteiger partial charge >= 0.3 is 0 Å². The first-order valence-corrected chi connectivity index (χ1v) is 35.7. The Morgan fingerprint density at radius 1 is 0.194 bits per heavy atom. The SMILES string of the molecule is C[Si](C)(C)c1ccc(-c2cc(-c3cc(-c4cc(-c5ccccc5)nc(-c5ccc([Si](C)(C)C)cc5)c4)cc(-c4cc(-c5ccccc5)nc(-c5ccc([Si](C)(C)C)cc5)c4)c3)cc(-c3ccccc3)n2)cc1. The van der Waals surface area contributed by atoms with Crippen molar-refractivity contribution in [3.63, 3.8) is 0 Å². The van der Waals surface area contributed by atoms with Gasteiger partial charge in [-0.15, -0.1) is 0 Å². The van der Waals surface area contributed by atoms with Crippen LogP contribution in [0.15, 0.2) is 218 Å². The lowest BCUT2D eigenvalue weighted by molar-refractivity contribution is 1.32. The molecule has 0 aliphatic heterocycles. The van der Waals surface area contributed by atoms with Gasteiger partial charge in [0.05, 0.1) is 58.4 Å². The van der Waals surface area contributed by atoms with Crippen LogP contribution in [0.3, 0.4) is 0 Å². The molecule has 0 saturated carbocycles. The van der Waals surface area contributed by atoms with E-state index in [4.69, 9.17) is 15.0 Å². The van der Waals surface area contributed by atoms with Crippen LogP contribution < -0.4 is 15.6 Å². The molecule has 3 heterocycles. The molecule has 72 heavy (non-hydrogen) atoms. The fourth-order valence-corrected chi connectivity index (χ4v) is 12.9. The molecule has 0 N–H and O–H groups in total. The minimum atomic E-state index is -1.51. The van der Waals surface area contributed by atoms with Crippen molar-refractivity contribution in [3.8, 4) is 101 Å². The normalized spacial score (nSPS) is 12.0. The summed E-state index contributed by atoms with van der Waals surface area (Å²) >= 11 is 0. The summed E-state index contributed by atoms with van der Waals surface area (Å²) in [5.41, 5.74) is 18.7. The highest BCUT2D eigenvalue weighted by molar-refractivity contribution is 6.89. The van der Waals surface area contributed by atoms with Crippen LogP contribution in [0.1, 0.15) is 0 Å². The van der Waals surface area contributed by atoms with Crippen LogP contribution in [0.25, 0.3) is 101 Å². The minimum absolute atomic E-state index is 0.933. The van der Waals surface area contributed by atoms with Crippen LogP contribution >= 0.6 is 0 Å². The van der Waals surface area contributed by atoms with Gasteiger partial charge in [0.2, 0.25) is 0 Å². The van der Waals surface area contributed by atoms with Gasteiger partial charge in [0.15, 0.2) is 0 Å². The van der Waals surface area contributed by atoms with Gasteiger partial charge in [-0.25, -0.2) is 15.0 Å². The Hall–Kier alpha value is -7.36. The molecule has 0 aliphatic carbocycles. The second kappa shape index (κ2) is 19.7. The molecule has 0 saturated heterocycles. The summed E-state index contributed by atoms with van der Waals surface area (Å²) < 4.78 is 0. The van der Waals surface area contributed by atoms with Gasteiger partial charge in [0, 0.05) is 33.4 Å². The Morgan fingerprint density at radius 3 is 0.569 bits per heavy atom. The number of hydrogen-bond donors (Lipinski definition) is 0. The van der Waals surface area contributed by atoms with E-state index in [2.05, 4.69) is 277 Å². The number of benzene rings is 7. The Bertz CT molecular complexity index is 3130. The molecule has 0 bridgehead atoms. The van der Waals surface area contributed by atoms with Crippen LogP contribution in [0.4, 0.5) is 0 Å². The number of pyridine rings is 3. The summed E-state index contributed by atoms with van der Waals surface area (Å²) in [6.07, 6.45) is 0. The monoisotopic (exact) mass is 981 g/mol. The third-order valence-electron chi connectivity index (χ3n) is 13.8. The zero-order valence-corrected chi connectivity index (χ0v) is 46.1. The van der Waals surface area contributed by atoms with Crippen molar-refractivity contribution in [2.45, 2.75) is 58.9 Å². The van der Waals surface area contributed by atoms with Crippen molar-refractivity contribution in [2.24, 2.45) is 0 Å². The summed E-state index contributed by atoms with van der Waals surface area (Å²) in [5.74, 6) is 0. The zero-order valence-electron chi connectivity index (χ0n) is 43.1. The third-order valence-corrected chi connectivity index (χ3v) is 20.0. The molecule has 0 spiro atoms. The van der Waals surface area contributed by atoms with Gasteiger partial charge in [-0.2, -0.15) is 0 Å². The number of nitrogens with zero attached hydrogens (tertiary/aromatic N) is 3. The zero-order chi connectivity index (χ0) is 50.2. The first-order valence-electron chi connectivity index (χ1n) is 25.2. The van der Waals surface area contributed by atoms with Gasteiger partial charge in [0.25, 0.3) is 0 Å². The van der Waals surface area contributed by atoms with E-state index in [1.54, 1.807) is 0 Å². The maximum absolute atomic E-state index is 5.38. The highest BCUT2D eigenvalue weighted by atomic mass is 28.3. The molecular formula is C66H63N3Si3. The largest absolute Gasteiger partial charge is 0.248 e. The molecule has 0 radical (unpaired) electrons. The van der Waals surface area contributed by atoms with E-state index in [9.17, 15) is 0 Å². The van der Waals surface area contributed by atoms with E-state index < -0.39 is 24.2 Å². The number of rotatable bonds is 12. The molecule has 0 amide bonds. The first-order chi connectivity index (χ1) is 34.5. The van der Waals surface area contributed by atoms with Crippen LogP contribution in [0.5, 0.6) is 0 Å². The molecule has 0 aliphatic rings. The summed E-state index contributed by atoms with van der Waals surface area (Å²) in [6.45, 7) is 21.6. The van der Waals surface area contributed by atoms with Crippen molar-refractivity contribution in [2.75, 3.05) is 0 Å². The lowest BCUT2D eigenvalue weighted by atomic mass is 9.91. The second-order valence-electron chi connectivity index (χ2n) is 22.3. The quantitative estimate of drug-likeness (QED) is 0.115. The Kier molecular flexibility index (Phi) is 13.2. The van der Waals surface area contributed by atoms with Crippen molar-refractivity contribution in [1.82, 2.24) is 15.0 Å². The Labute approximate surface area is 430 Å². The molecule has 3 aromatic heterocycles. The maximum Gasteiger partial charge on any atom is 0.0775 e. The number of hydrogen-bond acceptors (Lipinski definition) is 3. The highest BCUT2D eigenvalue weighted by Gasteiger charge is 2.21. The van der Waals surface area contributed by atoms with E-state index in [1.807, 2.05) is 0 Å². The average molecular weight is 983 g/mol. The fraction of sp³-hybridized carbons (Fsp3) is 0.136. The second-order valence-corrected chi connectivity index (χ2v) is 37.5. The fourth-order valence-electron chi connectivity index (χ4n) is 9.36. The molecule has 0 fully saturated rings. The molecule has 354 valence electrons. The molecule has 10 rings (SSSR count). The summed E-state index contributed by atoms with van der Waals surface area (Å²) in [4.78, 5) is 16.1. The summed E-state index contributed by atoms with van der Waals surface area (Å²) in [7, 11) is -4.54. The van der Waals surface area contributed by atoms with Gasteiger partial charge in [-0.3, -0.25) is 0 Å². The van der Waals surface area contributed by atoms with E-state index >= 15 is 0 Å². The van der Waals surface area contributed by atoms with E-state index in [1.165, 1.54) is 15.6 Å². The summed E-state index contributed by atoms with van der Waals surface area (Å²) in [5, 5.41) is 4.29. The molecule has 7 aromatic carbocycles. The first kappa shape index (κ1) is 48.3. The molecule has 6 heteroatoms. The topological polar surface area (TPSA) is 38.7 Å². The van der Waals surface area contributed by atoms with E-state index in [0.29, 0.717) is 0 Å². The Balaban J connectivity index is 1.23. The van der Waals surface area contributed by atoms with Gasteiger partial charge in [0.1, 0.15) is 0 Å². The minimum Gasteiger partial charge on any atom is -0.248 e. The predicted molar refractivity (Wildman–Crippen MR) is 318 cm³/mol. The molecule has 3 nitrogen and oxygen atoms in total. The smallest absolute Gasteiger partial charge is 0.0775 e. The van der Waals surface area contributed by atoms with Gasteiger partial charge in [-0.1, -0.05) is 238 Å². The van der Waals surface area contributed by atoms with Crippen molar-refractivity contribution >= 4 is 39.8 Å². The van der Waals surface area contributed by atoms with Gasteiger partial charge in [-0.05, 0) is 88.0 Å². The molecule has 0 atom stereocenters. The molecule has 10 aromatic rings. The molecule has 0 unspecified atom stereocenters.